The van der Waals surface area contributed by atoms with Crippen molar-refractivity contribution in [1.82, 2.24) is 5.32 Å². The van der Waals surface area contributed by atoms with Crippen molar-refractivity contribution >= 4 is 17.4 Å². The van der Waals surface area contributed by atoms with Crippen molar-refractivity contribution in [3.8, 4) is 11.5 Å². The molecule has 0 amide bonds. The van der Waals surface area contributed by atoms with E-state index in [1.54, 1.807) is 6.92 Å². The molecule has 2 atom stereocenters. The second kappa shape index (κ2) is 8.51. The summed E-state index contributed by atoms with van der Waals surface area (Å²) in [5.41, 5.74) is 1.72. The summed E-state index contributed by atoms with van der Waals surface area (Å²) in [6, 6.07) is 2.79. The van der Waals surface area contributed by atoms with Crippen molar-refractivity contribution in [2.24, 2.45) is 0 Å². The highest BCUT2D eigenvalue weighted by atomic mass is 16.7. The Morgan fingerprint density at radius 3 is 2.76 bits per heavy atom. The lowest BCUT2D eigenvalue weighted by Crippen LogP contribution is -2.35. The number of carbonyl (C=O) groups is 2. The summed E-state index contributed by atoms with van der Waals surface area (Å²) >= 11 is 0. The third-order valence-corrected chi connectivity index (χ3v) is 6.45. The van der Waals surface area contributed by atoms with Crippen LogP contribution in [0.4, 0.5) is 5.69 Å². The van der Waals surface area contributed by atoms with Gasteiger partial charge in [-0.1, -0.05) is 0 Å². The minimum atomic E-state index is -0.944. The summed E-state index contributed by atoms with van der Waals surface area (Å²) in [4.78, 5) is 37.8. The van der Waals surface area contributed by atoms with Crippen molar-refractivity contribution in [1.29, 1.82) is 0 Å². The lowest BCUT2D eigenvalue weighted by molar-refractivity contribution is -0.385. The molecule has 3 heterocycles. The normalized spacial score (nSPS) is 24.0. The number of nitro groups is 1. The molecule has 174 valence electrons. The Bertz CT molecular complexity index is 1100. The third kappa shape index (κ3) is 3.84. The first-order valence-electron chi connectivity index (χ1n) is 11.0. The molecule has 0 bridgehead atoms. The molecule has 1 aromatic carbocycles. The highest BCUT2D eigenvalue weighted by Crippen LogP contribution is 2.48. The first-order valence-corrected chi connectivity index (χ1v) is 11.0. The number of allylic oxidation sites excluding steroid dienone is 3. The SMILES string of the molecule is CC1=C(C(=O)OC[C@H]2CCCO2)[C@@H](c2cc3c(cc2[N+](=O)[O-])OCO3)C2=C(CCCC2=O)N1. The van der Waals surface area contributed by atoms with E-state index in [9.17, 15) is 19.7 Å². The Hall–Kier alpha value is -3.40. The molecule has 5 rings (SSSR count). The number of dihydropyridines is 1. The van der Waals surface area contributed by atoms with Gasteiger partial charge in [0.1, 0.15) is 6.61 Å². The molecule has 1 saturated heterocycles. The molecule has 4 aliphatic rings. The third-order valence-electron chi connectivity index (χ3n) is 6.45. The van der Waals surface area contributed by atoms with Crippen LogP contribution >= 0.6 is 0 Å². The van der Waals surface area contributed by atoms with E-state index in [0.29, 0.717) is 48.6 Å². The van der Waals surface area contributed by atoms with Gasteiger partial charge in [-0.05, 0) is 38.7 Å². The van der Waals surface area contributed by atoms with E-state index in [4.69, 9.17) is 18.9 Å². The summed E-state index contributed by atoms with van der Waals surface area (Å²) in [5.74, 6) is -1.12. The molecular weight excluding hydrogens is 432 g/mol. The standard InChI is InChI=1S/C23H24N2O8/c1-12-20(23(27)31-10-13-4-3-7-30-13)21(22-15(24-12)5-2-6-17(22)26)14-8-18-19(33-11-32-18)9-16(14)25(28)29/h8-9,13,21,24H,2-7,10-11H2,1H3/t13-,21-/m1/s1. The van der Waals surface area contributed by atoms with Gasteiger partial charge in [-0.15, -0.1) is 0 Å². The van der Waals surface area contributed by atoms with E-state index in [2.05, 4.69) is 5.32 Å². The number of ether oxygens (including phenoxy) is 4. The van der Waals surface area contributed by atoms with Crippen LogP contribution in [-0.2, 0) is 19.1 Å². The highest BCUT2D eigenvalue weighted by molar-refractivity contribution is 6.04. The number of hydrogen-bond acceptors (Lipinski definition) is 9. The van der Waals surface area contributed by atoms with Crippen LogP contribution < -0.4 is 14.8 Å². The van der Waals surface area contributed by atoms with E-state index in [1.807, 2.05) is 0 Å². The number of nitrogens with zero attached hydrogens (tertiary/aromatic N) is 1. The van der Waals surface area contributed by atoms with E-state index >= 15 is 0 Å². The molecule has 0 saturated carbocycles. The molecule has 1 N–H and O–H groups in total. The van der Waals surface area contributed by atoms with Gasteiger partial charge in [0, 0.05) is 35.6 Å². The molecule has 33 heavy (non-hydrogen) atoms. The molecule has 0 aromatic heterocycles. The van der Waals surface area contributed by atoms with E-state index in [0.717, 1.165) is 12.8 Å². The lowest BCUT2D eigenvalue weighted by atomic mass is 9.74. The topological polar surface area (TPSA) is 126 Å². The van der Waals surface area contributed by atoms with E-state index in [-0.39, 0.29) is 47.9 Å². The predicted molar refractivity (Wildman–Crippen MR) is 114 cm³/mol. The van der Waals surface area contributed by atoms with Gasteiger partial charge in [-0.25, -0.2) is 4.79 Å². The van der Waals surface area contributed by atoms with Gasteiger partial charge in [0.2, 0.25) is 6.79 Å². The average molecular weight is 456 g/mol. The number of hydrogen-bond donors (Lipinski definition) is 1. The van der Waals surface area contributed by atoms with Gasteiger partial charge in [-0.3, -0.25) is 14.9 Å². The van der Waals surface area contributed by atoms with Crippen LogP contribution in [0.1, 0.15) is 50.5 Å². The van der Waals surface area contributed by atoms with Gasteiger partial charge in [0.05, 0.1) is 28.6 Å². The molecule has 1 aliphatic carbocycles. The van der Waals surface area contributed by atoms with Gasteiger partial charge in [-0.2, -0.15) is 0 Å². The minimum Gasteiger partial charge on any atom is -0.459 e. The number of carbonyl (C=O) groups excluding carboxylic acids is 2. The Morgan fingerprint density at radius 2 is 2.03 bits per heavy atom. The lowest BCUT2D eigenvalue weighted by Gasteiger charge is -2.34. The zero-order chi connectivity index (χ0) is 23.1. The number of fused-ring (bicyclic) bond motifs is 1. The summed E-state index contributed by atoms with van der Waals surface area (Å²) in [6.45, 7) is 2.38. The predicted octanol–water partition coefficient (Wildman–Crippen LogP) is 3.01. The number of esters is 1. The van der Waals surface area contributed by atoms with Crippen molar-refractivity contribution in [3.05, 3.63) is 50.4 Å². The first kappa shape index (κ1) is 21.4. The monoisotopic (exact) mass is 456 g/mol. The second-order valence-corrected chi connectivity index (χ2v) is 8.52. The zero-order valence-corrected chi connectivity index (χ0v) is 18.2. The first-order chi connectivity index (χ1) is 15.9. The van der Waals surface area contributed by atoms with E-state index in [1.165, 1.54) is 12.1 Å². The van der Waals surface area contributed by atoms with Crippen LogP contribution in [0.25, 0.3) is 0 Å². The maximum atomic E-state index is 13.3. The maximum absolute atomic E-state index is 13.3. The average Bonchev–Trinajstić information content (AvgIpc) is 3.47. The molecule has 3 aliphatic heterocycles. The Balaban J connectivity index is 1.61. The largest absolute Gasteiger partial charge is 0.459 e. The molecule has 1 aromatic rings. The fourth-order valence-corrected chi connectivity index (χ4v) is 4.92. The zero-order valence-electron chi connectivity index (χ0n) is 18.2. The summed E-state index contributed by atoms with van der Waals surface area (Å²) in [5, 5.41) is 15.2. The number of benzene rings is 1. The molecule has 10 heteroatoms. The van der Waals surface area contributed by atoms with Crippen LogP contribution in [0.2, 0.25) is 0 Å². The Labute approximate surface area is 189 Å². The molecular formula is C23H24N2O8. The quantitative estimate of drug-likeness (QED) is 0.404. The van der Waals surface area contributed by atoms with Gasteiger partial charge in [0.15, 0.2) is 17.3 Å². The van der Waals surface area contributed by atoms with Gasteiger partial charge in [0.25, 0.3) is 5.69 Å². The summed E-state index contributed by atoms with van der Waals surface area (Å²) in [6.07, 6.45) is 3.14. The van der Waals surface area contributed by atoms with Crippen LogP contribution in [0.15, 0.2) is 34.7 Å². The van der Waals surface area contributed by atoms with Crippen LogP contribution in [0.5, 0.6) is 11.5 Å². The molecule has 1 fully saturated rings. The fraction of sp³-hybridized carbons (Fsp3) is 0.478. The van der Waals surface area contributed by atoms with Gasteiger partial charge < -0.3 is 24.3 Å². The van der Waals surface area contributed by atoms with Crippen molar-refractivity contribution in [2.75, 3.05) is 20.0 Å². The van der Waals surface area contributed by atoms with Crippen LogP contribution in [0.3, 0.4) is 0 Å². The summed E-state index contributed by atoms with van der Waals surface area (Å²) in [7, 11) is 0. The van der Waals surface area contributed by atoms with Crippen molar-refractivity contribution in [3.63, 3.8) is 0 Å². The maximum Gasteiger partial charge on any atom is 0.336 e. The fourth-order valence-electron chi connectivity index (χ4n) is 4.92. The number of ketones is 1. The molecule has 0 radical (unpaired) electrons. The molecule has 0 spiro atoms. The van der Waals surface area contributed by atoms with Gasteiger partial charge >= 0.3 is 5.97 Å². The van der Waals surface area contributed by atoms with Crippen molar-refractivity contribution in [2.45, 2.75) is 51.0 Å². The molecule has 10 nitrogen and oxygen atoms in total. The highest BCUT2D eigenvalue weighted by Gasteiger charge is 2.43. The van der Waals surface area contributed by atoms with Crippen LogP contribution in [-0.4, -0.2) is 42.8 Å². The summed E-state index contributed by atoms with van der Waals surface area (Å²) < 4.78 is 21.9. The minimum absolute atomic E-state index is 0.0554. The number of rotatable bonds is 5. The Kier molecular flexibility index (Phi) is 5.53. The number of nitro benzene ring substituents is 1. The van der Waals surface area contributed by atoms with E-state index < -0.39 is 16.8 Å². The number of Topliss-reactive ketones (excluding diaryl/α,β-unsaturated/α-hetero) is 1. The van der Waals surface area contributed by atoms with Crippen molar-refractivity contribution < 1.29 is 33.5 Å². The second-order valence-electron chi connectivity index (χ2n) is 8.52. The van der Waals surface area contributed by atoms with Crippen LogP contribution in [0, 0.1) is 10.1 Å². The smallest absolute Gasteiger partial charge is 0.336 e. The Morgan fingerprint density at radius 1 is 1.24 bits per heavy atom. The molecule has 0 unspecified atom stereocenters. The number of nitrogens with one attached hydrogen (secondary N) is 1.